The van der Waals surface area contributed by atoms with Crippen molar-refractivity contribution < 1.29 is 13.2 Å². The zero-order valence-corrected chi connectivity index (χ0v) is 11.8. The summed E-state index contributed by atoms with van der Waals surface area (Å²) >= 11 is 5.88. The molecule has 1 heterocycles. The van der Waals surface area contributed by atoms with Gasteiger partial charge in [0.15, 0.2) is 0 Å². The number of nitrogens with zero attached hydrogens (tertiary/aromatic N) is 1. The minimum absolute atomic E-state index is 0.219. The highest BCUT2D eigenvalue weighted by Gasteiger charge is 2.31. The molecule has 2 aromatic rings. The van der Waals surface area contributed by atoms with E-state index in [9.17, 15) is 13.2 Å². The Morgan fingerprint density at radius 3 is 2.62 bits per heavy atom. The monoisotopic (exact) mass is 315 g/mol. The number of nitrogen functional groups attached to an aromatic ring is 1. The Morgan fingerprint density at radius 1 is 1.29 bits per heavy atom. The fourth-order valence-corrected chi connectivity index (χ4v) is 2.26. The van der Waals surface area contributed by atoms with Crippen molar-refractivity contribution in [3.05, 3.63) is 58.2 Å². The molecule has 1 aromatic heterocycles. The lowest BCUT2D eigenvalue weighted by atomic mass is 9.97. The highest BCUT2D eigenvalue weighted by Crippen LogP contribution is 2.33. The number of alkyl halides is 3. The van der Waals surface area contributed by atoms with Gasteiger partial charge in [-0.05, 0) is 30.8 Å². The molecule has 2 rings (SSSR count). The van der Waals surface area contributed by atoms with Crippen molar-refractivity contribution in [1.82, 2.24) is 10.3 Å². The Bertz CT molecular complexity index is 644. The Hall–Kier alpha value is -1.79. The van der Waals surface area contributed by atoms with Crippen LogP contribution in [0, 0.1) is 0 Å². The maximum atomic E-state index is 12.8. The summed E-state index contributed by atoms with van der Waals surface area (Å²) in [6.07, 6.45) is -3.01. The van der Waals surface area contributed by atoms with E-state index < -0.39 is 17.8 Å². The van der Waals surface area contributed by atoms with E-state index in [-0.39, 0.29) is 5.82 Å². The molecule has 0 fully saturated rings. The molecule has 0 saturated heterocycles. The molecular formula is C14H13ClF3N3. The third kappa shape index (κ3) is 3.46. The van der Waals surface area contributed by atoms with Crippen LogP contribution in [0.2, 0.25) is 5.02 Å². The van der Waals surface area contributed by atoms with Crippen molar-refractivity contribution in [3.63, 3.8) is 0 Å². The molecule has 0 spiro atoms. The summed E-state index contributed by atoms with van der Waals surface area (Å²) in [6.45, 7) is 0. The topological polar surface area (TPSA) is 50.9 Å². The van der Waals surface area contributed by atoms with E-state index >= 15 is 0 Å². The molecule has 3 nitrogen and oxygen atoms in total. The summed E-state index contributed by atoms with van der Waals surface area (Å²) in [7, 11) is 1.63. The molecular weight excluding hydrogens is 303 g/mol. The van der Waals surface area contributed by atoms with Gasteiger partial charge in [-0.25, -0.2) is 4.98 Å². The molecule has 0 bridgehead atoms. The van der Waals surface area contributed by atoms with Crippen molar-refractivity contribution in [2.45, 2.75) is 12.2 Å². The first-order chi connectivity index (χ1) is 9.82. The summed E-state index contributed by atoms with van der Waals surface area (Å²) in [5.74, 6) is 0.219. The van der Waals surface area contributed by atoms with Crippen molar-refractivity contribution in [2.75, 3.05) is 12.8 Å². The first-order valence-electron chi connectivity index (χ1n) is 6.08. The molecule has 1 aromatic carbocycles. The largest absolute Gasteiger partial charge is 0.416 e. The Kier molecular flexibility index (Phi) is 4.39. The van der Waals surface area contributed by atoms with Crippen LogP contribution in [0.4, 0.5) is 19.0 Å². The number of hydrogen-bond donors (Lipinski definition) is 2. The number of aromatic nitrogens is 1. The number of nitrogens with two attached hydrogens (primary N) is 1. The van der Waals surface area contributed by atoms with Crippen LogP contribution in [0.15, 0.2) is 36.5 Å². The highest BCUT2D eigenvalue weighted by molar-refractivity contribution is 6.30. The second kappa shape index (κ2) is 5.91. The minimum Gasteiger partial charge on any atom is -0.383 e. The number of rotatable bonds is 3. The van der Waals surface area contributed by atoms with E-state index in [2.05, 4.69) is 10.3 Å². The molecule has 0 radical (unpaired) electrons. The van der Waals surface area contributed by atoms with Crippen LogP contribution >= 0.6 is 11.6 Å². The van der Waals surface area contributed by atoms with E-state index in [0.717, 1.165) is 12.1 Å². The predicted octanol–water partition coefficient (Wildman–Crippen LogP) is 3.64. The molecule has 21 heavy (non-hydrogen) atoms. The van der Waals surface area contributed by atoms with Gasteiger partial charge in [0.2, 0.25) is 0 Å². The van der Waals surface area contributed by atoms with Gasteiger partial charge in [-0.2, -0.15) is 13.2 Å². The summed E-state index contributed by atoms with van der Waals surface area (Å²) in [5.41, 5.74) is 6.05. The molecule has 1 atom stereocenters. The fraction of sp³-hybridized carbons (Fsp3) is 0.214. The van der Waals surface area contributed by atoms with E-state index in [1.54, 1.807) is 19.2 Å². The van der Waals surface area contributed by atoms with E-state index in [1.807, 2.05) is 0 Å². The molecule has 3 N–H and O–H groups in total. The minimum atomic E-state index is -4.40. The lowest BCUT2D eigenvalue weighted by Gasteiger charge is -2.20. The number of anilines is 1. The van der Waals surface area contributed by atoms with Crippen LogP contribution in [0.25, 0.3) is 0 Å². The average molecular weight is 316 g/mol. The summed E-state index contributed by atoms with van der Waals surface area (Å²) in [4.78, 5) is 3.93. The third-order valence-corrected chi connectivity index (χ3v) is 3.27. The predicted molar refractivity (Wildman–Crippen MR) is 76.0 cm³/mol. The van der Waals surface area contributed by atoms with Gasteiger partial charge in [0, 0.05) is 11.8 Å². The molecule has 0 amide bonds. The van der Waals surface area contributed by atoms with Gasteiger partial charge in [0.25, 0.3) is 0 Å². The maximum Gasteiger partial charge on any atom is 0.416 e. The SMILES string of the molecule is CNC(c1cccc(C(F)(F)F)c1)c1cc(Cl)cnc1N. The van der Waals surface area contributed by atoms with Gasteiger partial charge in [0.05, 0.1) is 16.6 Å². The zero-order chi connectivity index (χ0) is 15.6. The number of benzene rings is 1. The highest BCUT2D eigenvalue weighted by atomic mass is 35.5. The standard InChI is InChI=1S/C14H13ClF3N3/c1-20-12(11-6-10(15)7-21-13(11)19)8-3-2-4-9(5-8)14(16,17)18/h2-7,12,20H,1H3,(H2,19,21). The fourth-order valence-electron chi connectivity index (χ4n) is 2.09. The first-order valence-corrected chi connectivity index (χ1v) is 6.46. The van der Waals surface area contributed by atoms with Crippen LogP contribution in [-0.2, 0) is 6.18 Å². The lowest BCUT2D eigenvalue weighted by Crippen LogP contribution is -2.20. The first kappa shape index (κ1) is 15.6. The number of pyridine rings is 1. The number of hydrogen-bond acceptors (Lipinski definition) is 3. The van der Waals surface area contributed by atoms with Gasteiger partial charge in [-0.15, -0.1) is 0 Å². The van der Waals surface area contributed by atoms with Crippen molar-refractivity contribution >= 4 is 17.4 Å². The van der Waals surface area contributed by atoms with Gasteiger partial charge in [-0.1, -0.05) is 23.7 Å². The van der Waals surface area contributed by atoms with Crippen molar-refractivity contribution in [1.29, 1.82) is 0 Å². The van der Waals surface area contributed by atoms with Crippen LogP contribution in [0.1, 0.15) is 22.7 Å². The molecule has 0 aliphatic rings. The third-order valence-electron chi connectivity index (χ3n) is 3.06. The second-order valence-electron chi connectivity index (χ2n) is 4.47. The van der Waals surface area contributed by atoms with Crippen LogP contribution < -0.4 is 11.1 Å². The summed E-state index contributed by atoms with van der Waals surface area (Å²) < 4.78 is 38.4. The average Bonchev–Trinajstić information content (AvgIpc) is 2.43. The second-order valence-corrected chi connectivity index (χ2v) is 4.91. The van der Waals surface area contributed by atoms with Crippen molar-refractivity contribution in [3.8, 4) is 0 Å². The smallest absolute Gasteiger partial charge is 0.383 e. The molecule has 1 unspecified atom stereocenters. The number of halogens is 4. The van der Waals surface area contributed by atoms with Gasteiger partial charge in [-0.3, -0.25) is 0 Å². The van der Waals surface area contributed by atoms with Crippen molar-refractivity contribution in [2.24, 2.45) is 0 Å². The lowest BCUT2D eigenvalue weighted by molar-refractivity contribution is -0.137. The molecule has 0 aliphatic heterocycles. The van der Waals surface area contributed by atoms with Crippen LogP contribution in [-0.4, -0.2) is 12.0 Å². The van der Waals surface area contributed by atoms with Gasteiger partial charge < -0.3 is 11.1 Å². The molecule has 0 aliphatic carbocycles. The Balaban J connectivity index is 2.49. The van der Waals surface area contributed by atoms with Gasteiger partial charge >= 0.3 is 6.18 Å². The Labute approximate surface area is 124 Å². The normalized spacial score (nSPS) is 13.2. The van der Waals surface area contributed by atoms with Crippen LogP contribution in [0.3, 0.4) is 0 Å². The van der Waals surface area contributed by atoms with E-state index in [0.29, 0.717) is 16.1 Å². The maximum absolute atomic E-state index is 12.8. The quantitative estimate of drug-likeness (QED) is 0.909. The van der Waals surface area contributed by atoms with Gasteiger partial charge in [0.1, 0.15) is 5.82 Å². The number of nitrogens with one attached hydrogen (secondary N) is 1. The van der Waals surface area contributed by atoms with E-state index in [4.69, 9.17) is 17.3 Å². The van der Waals surface area contributed by atoms with Crippen LogP contribution in [0.5, 0.6) is 0 Å². The zero-order valence-electron chi connectivity index (χ0n) is 11.1. The molecule has 0 saturated carbocycles. The summed E-state index contributed by atoms with van der Waals surface area (Å²) in [6, 6.07) is 6.12. The Morgan fingerprint density at radius 2 is 2.00 bits per heavy atom. The molecule has 7 heteroatoms. The summed E-state index contributed by atoms with van der Waals surface area (Å²) in [5, 5.41) is 3.30. The van der Waals surface area contributed by atoms with E-state index in [1.165, 1.54) is 12.3 Å². The molecule has 112 valence electrons.